The third kappa shape index (κ3) is 6.72. The molecule has 0 saturated heterocycles. The van der Waals surface area contributed by atoms with Crippen LogP contribution in [0.2, 0.25) is 5.02 Å². The molecule has 0 radical (unpaired) electrons. The zero-order valence-electron chi connectivity index (χ0n) is 21.3. The molecule has 2 amide bonds. The highest BCUT2D eigenvalue weighted by Gasteiger charge is 2.22. The number of hydrogen-bond acceptors (Lipinski definition) is 7. The van der Waals surface area contributed by atoms with Crippen molar-refractivity contribution >= 4 is 62.5 Å². The number of aromatic nitrogens is 1. The Labute approximate surface area is 233 Å². The van der Waals surface area contributed by atoms with Crippen molar-refractivity contribution in [3.63, 3.8) is 0 Å². The first-order chi connectivity index (χ1) is 18.7. The first-order valence-electron chi connectivity index (χ1n) is 12.1. The quantitative estimate of drug-likeness (QED) is 0.215. The summed E-state index contributed by atoms with van der Waals surface area (Å²) >= 11 is 3.80. The van der Waals surface area contributed by atoms with Crippen molar-refractivity contribution in [2.24, 2.45) is 0 Å². The lowest BCUT2D eigenvalue weighted by Gasteiger charge is -2.22. The van der Waals surface area contributed by atoms with E-state index in [1.807, 2.05) is 37.3 Å². The van der Waals surface area contributed by atoms with E-state index in [2.05, 4.69) is 20.9 Å². The maximum Gasteiger partial charge on any atom is 0.247 e. The van der Waals surface area contributed by atoms with E-state index in [1.54, 1.807) is 18.3 Å². The van der Waals surface area contributed by atoms with E-state index < -0.39 is 17.1 Å². The van der Waals surface area contributed by atoms with Crippen LogP contribution in [0.5, 0.6) is 0 Å². The van der Waals surface area contributed by atoms with Crippen LogP contribution in [-0.2, 0) is 33.6 Å². The van der Waals surface area contributed by atoms with Crippen LogP contribution in [0.25, 0.3) is 10.8 Å². The molecule has 0 fully saturated rings. The lowest BCUT2D eigenvalue weighted by molar-refractivity contribution is -0.122. The number of fused-ring (bicyclic) bond motifs is 1. The fourth-order valence-corrected chi connectivity index (χ4v) is 5.02. The van der Waals surface area contributed by atoms with Crippen molar-refractivity contribution < 1.29 is 18.4 Å². The molecule has 2 unspecified atom stereocenters. The van der Waals surface area contributed by atoms with Crippen LogP contribution >= 0.6 is 11.6 Å². The molecule has 11 heteroatoms. The summed E-state index contributed by atoms with van der Waals surface area (Å²) < 4.78 is 23.6. The molecular weight excluding hydrogens is 538 g/mol. The number of anilines is 3. The predicted octanol–water partition coefficient (Wildman–Crippen LogP) is 4.70. The van der Waals surface area contributed by atoms with Crippen molar-refractivity contribution in [3.8, 4) is 0 Å². The smallest absolute Gasteiger partial charge is 0.247 e. The maximum atomic E-state index is 13.6. The number of benzene rings is 3. The van der Waals surface area contributed by atoms with Gasteiger partial charge in [-0.3, -0.25) is 13.8 Å². The van der Waals surface area contributed by atoms with E-state index >= 15 is 0 Å². The molecule has 0 spiro atoms. The van der Waals surface area contributed by atoms with Gasteiger partial charge in [0.05, 0.1) is 0 Å². The Morgan fingerprint density at radius 3 is 2.54 bits per heavy atom. The van der Waals surface area contributed by atoms with E-state index in [9.17, 15) is 18.4 Å². The minimum absolute atomic E-state index is 0.0226. The number of amides is 2. The van der Waals surface area contributed by atoms with Crippen LogP contribution in [0.3, 0.4) is 0 Å². The van der Waals surface area contributed by atoms with Crippen molar-refractivity contribution in [1.82, 2.24) is 10.3 Å². The summed E-state index contributed by atoms with van der Waals surface area (Å²) in [4.78, 5) is 29.2. The largest absolute Gasteiger partial charge is 0.768 e. The van der Waals surface area contributed by atoms with Gasteiger partial charge in [-0.25, -0.2) is 4.98 Å². The fourth-order valence-electron chi connectivity index (χ4n) is 4.25. The lowest BCUT2D eigenvalue weighted by Crippen LogP contribution is -2.33. The molecule has 202 valence electrons. The van der Waals surface area contributed by atoms with Gasteiger partial charge in [0.25, 0.3) is 0 Å². The van der Waals surface area contributed by atoms with Gasteiger partial charge < -0.3 is 26.2 Å². The van der Waals surface area contributed by atoms with Gasteiger partial charge in [0, 0.05) is 46.3 Å². The second kappa shape index (κ2) is 12.2. The number of carbonyl (C=O) groups excluding carboxylic acids is 2. The summed E-state index contributed by atoms with van der Waals surface area (Å²) in [6, 6.07) is 16.3. The number of carbonyl (C=O) groups is 2. The molecule has 2 atom stereocenters. The molecule has 4 rings (SSSR count). The molecule has 0 aliphatic carbocycles. The normalized spacial score (nSPS) is 12.5. The molecule has 1 heterocycles. The molecule has 9 nitrogen and oxygen atoms in total. The minimum atomic E-state index is -2.54. The number of hydrogen-bond donors (Lipinski definition) is 4. The number of nitrogens with one attached hydrogen (secondary N) is 3. The van der Waals surface area contributed by atoms with Crippen LogP contribution in [-0.4, -0.2) is 25.6 Å². The summed E-state index contributed by atoms with van der Waals surface area (Å²) in [5, 5.41) is 11.0. The summed E-state index contributed by atoms with van der Waals surface area (Å²) in [6.07, 6.45) is 2.29. The van der Waals surface area contributed by atoms with Gasteiger partial charge in [-0.15, -0.1) is 0 Å². The minimum Gasteiger partial charge on any atom is -0.768 e. The average molecular weight is 565 g/mol. The zero-order chi connectivity index (χ0) is 28.1. The Bertz CT molecular complexity index is 1580. The zero-order valence-corrected chi connectivity index (χ0v) is 22.9. The van der Waals surface area contributed by atoms with Gasteiger partial charge in [0.1, 0.15) is 11.9 Å². The Hall–Kier alpha value is -3.99. The Kier molecular flexibility index (Phi) is 8.80. The summed E-state index contributed by atoms with van der Waals surface area (Å²) in [5.74, 6) is -0.277. The van der Waals surface area contributed by atoms with Gasteiger partial charge in [0.2, 0.25) is 11.8 Å². The number of pyridine rings is 1. The molecule has 0 bridgehead atoms. The van der Waals surface area contributed by atoms with Crippen LogP contribution in [0, 0.1) is 0 Å². The molecule has 5 N–H and O–H groups in total. The molecule has 0 aliphatic heterocycles. The van der Waals surface area contributed by atoms with Crippen LogP contribution in [0.1, 0.15) is 36.6 Å². The summed E-state index contributed by atoms with van der Waals surface area (Å²) in [7, 11) is 0. The molecule has 0 saturated carbocycles. The van der Waals surface area contributed by atoms with Crippen LogP contribution < -0.4 is 21.7 Å². The highest BCUT2D eigenvalue weighted by Crippen LogP contribution is 2.28. The highest BCUT2D eigenvalue weighted by molar-refractivity contribution is 7.79. The molecule has 39 heavy (non-hydrogen) atoms. The molecular formula is C28H27ClN5O4S-. The van der Waals surface area contributed by atoms with Crippen molar-refractivity contribution in [2.45, 2.75) is 37.8 Å². The first-order valence-corrected chi connectivity index (χ1v) is 13.6. The van der Waals surface area contributed by atoms with Gasteiger partial charge in [0.15, 0.2) is 0 Å². The fraction of sp³-hybridized carbons (Fsp3) is 0.179. The number of rotatable bonds is 9. The van der Waals surface area contributed by atoms with E-state index in [0.717, 1.165) is 16.3 Å². The second-order valence-electron chi connectivity index (χ2n) is 8.87. The Morgan fingerprint density at radius 2 is 1.82 bits per heavy atom. The van der Waals surface area contributed by atoms with E-state index in [1.165, 1.54) is 25.1 Å². The van der Waals surface area contributed by atoms with Crippen LogP contribution in [0.4, 0.5) is 17.2 Å². The number of halogens is 1. The third-order valence-corrected chi connectivity index (χ3v) is 7.29. The predicted molar refractivity (Wildman–Crippen MR) is 153 cm³/mol. The van der Waals surface area contributed by atoms with Crippen molar-refractivity contribution in [1.29, 1.82) is 0 Å². The van der Waals surface area contributed by atoms with Crippen LogP contribution in [0.15, 0.2) is 71.8 Å². The summed E-state index contributed by atoms with van der Waals surface area (Å²) in [5.41, 5.74) is 8.99. The number of nitrogens with two attached hydrogens (primary N) is 1. The number of nitrogen functional groups attached to an aromatic ring is 1. The maximum absolute atomic E-state index is 13.6. The number of nitrogens with zero attached hydrogens (tertiary/aromatic N) is 1. The third-order valence-electron chi connectivity index (χ3n) is 6.17. The van der Waals surface area contributed by atoms with Gasteiger partial charge >= 0.3 is 0 Å². The van der Waals surface area contributed by atoms with E-state index in [0.29, 0.717) is 39.8 Å². The monoisotopic (exact) mass is 564 g/mol. The van der Waals surface area contributed by atoms with Crippen molar-refractivity contribution in [3.05, 3.63) is 88.6 Å². The van der Waals surface area contributed by atoms with Gasteiger partial charge in [-0.05, 0) is 88.1 Å². The van der Waals surface area contributed by atoms with Crippen molar-refractivity contribution in [2.75, 3.05) is 16.4 Å². The highest BCUT2D eigenvalue weighted by atomic mass is 35.5. The summed E-state index contributed by atoms with van der Waals surface area (Å²) in [6.45, 7) is 3.25. The molecule has 0 aliphatic rings. The topological polar surface area (TPSA) is 149 Å². The Balaban J connectivity index is 1.66. The first kappa shape index (κ1) is 28.0. The number of aryl methyl sites for hydroxylation is 1. The lowest BCUT2D eigenvalue weighted by atomic mass is 10.0. The molecule has 1 aromatic heterocycles. The van der Waals surface area contributed by atoms with E-state index in [-0.39, 0.29) is 23.3 Å². The van der Waals surface area contributed by atoms with E-state index in [4.69, 9.17) is 17.3 Å². The van der Waals surface area contributed by atoms with Gasteiger partial charge in [-0.1, -0.05) is 30.7 Å². The standard InChI is InChI=1S/C28H28ClN5O4S/c1-3-17-12-19(4-8-24(17)29)26(34-22-5-7-23-18(13-22)10-11-31-27(23)30)28(36)32-15-20-14-21(33-16(2)35)6-9-25(20)39(37)38/h4-14,26,34H,3,15H2,1-2H3,(H2,30,31)(H,32,36)(H,33,35)(H,37,38)/p-1. The van der Waals surface area contributed by atoms with Gasteiger partial charge in [-0.2, -0.15) is 0 Å². The molecule has 3 aromatic carbocycles. The average Bonchev–Trinajstić information content (AvgIpc) is 2.90. The SMILES string of the molecule is CCc1cc(C(Nc2ccc3c(N)nccc3c2)C(=O)NCc2cc(NC(C)=O)ccc2S(=O)[O-])ccc1Cl. The second-order valence-corrected chi connectivity index (χ2v) is 10.2. The molecule has 4 aromatic rings. The Morgan fingerprint density at radius 1 is 1.05 bits per heavy atom.